The third kappa shape index (κ3) is 3.00. The lowest BCUT2D eigenvalue weighted by Crippen LogP contribution is -2.49. The zero-order valence-electron chi connectivity index (χ0n) is 13.3. The molecule has 0 saturated carbocycles. The monoisotopic (exact) mass is 298 g/mol. The Labute approximate surface area is 127 Å². The molecule has 0 heterocycles. The quantitative estimate of drug-likeness (QED) is 0.634. The van der Waals surface area contributed by atoms with Gasteiger partial charge in [0.05, 0.1) is 0 Å². The summed E-state index contributed by atoms with van der Waals surface area (Å²) in [6.07, 6.45) is 0. The molecule has 0 aromatic heterocycles. The summed E-state index contributed by atoms with van der Waals surface area (Å²) >= 11 is 0. The molecule has 0 aliphatic rings. The van der Waals surface area contributed by atoms with Gasteiger partial charge in [-0.3, -0.25) is 4.90 Å². The van der Waals surface area contributed by atoms with Crippen molar-refractivity contribution >= 4 is 19.1 Å². The van der Waals surface area contributed by atoms with Crippen LogP contribution < -0.4 is 0 Å². The Kier molecular flexibility index (Phi) is 4.19. The first-order chi connectivity index (χ1) is 9.80. The van der Waals surface area contributed by atoms with Gasteiger partial charge in [-0.25, -0.2) is 0 Å². The Morgan fingerprint density at radius 2 is 1.67 bits per heavy atom. The van der Waals surface area contributed by atoms with Crippen molar-refractivity contribution < 1.29 is 4.43 Å². The van der Waals surface area contributed by atoms with Crippen molar-refractivity contribution in [1.82, 2.24) is 4.90 Å². The zero-order valence-corrected chi connectivity index (χ0v) is 14.3. The molecule has 3 nitrogen and oxygen atoms in total. The molecule has 0 N–H and O–H groups in total. The van der Waals surface area contributed by atoms with Crippen LogP contribution in [0.1, 0.15) is 5.56 Å². The van der Waals surface area contributed by atoms with Gasteiger partial charge in [0.2, 0.25) is 5.72 Å². The van der Waals surface area contributed by atoms with Gasteiger partial charge in [-0.15, -0.1) is 0 Å². The van der Waals surface area contributed by atoms with Gasteiger partial charge in [-0.2, -0.15) is 5.26 Å². The van der Waals surface area contributed by atoms with Crippen molar-refractivity contribution in [3.8, 4) is 6.07 Å². The standard InChI is InChI=1S/C17H22N2OSi/c1-19(2)17(13-18,20-21(3,4)5)16-12-8-10-14-9-6-7-11-15(14)16/h6-12H,1-5H3. The topological polar surface area (TPSA) is 36.3 Å². The lowest BCUT2D eigenvalue weighted by atomic mass is 9.96. The largest absolute Gasteiger partial charge is 0.385 e. The molecule has 1 unspecified atom stereocenters. The first kappa shape index (κ1) is 15.7. The number of benzene rings is 2. The highest BCUT2D eigenvalue weighted by Crippen LogP contribution is 2.35. The van der Waals surface area contributed by atoms with Crippen molar-refractivity contribution in [2.45, 2.75) is 25.4 Å². The minimum Gasteiger partial charge on any atom is -0.385 e. The second-order valence-electron chi connectivity index (χ2n) is 6.39. The van der Waals surface area contributed by atoms with E-state index in [1.165, 1.54) is 0 Å². The number of hydrogen-bond donors (Lipinski definition) is 0. The van der Waals surface area contributed by atoms with Crippen LogP contribution in [0.25, 0.3) is 10.8 Å². The minimum absolute atomic E-state index is 0.913. The van der Waals surface area contributed by atoms with Gasteiger partial charge >= 0.3 is 0 Å². The van der Waals surface area contributed by atoms with E-state index in [9.17, 15) is 5.26 Å². The van der Waals surface area contributed by atoms with Crippen molar-refractivity contribution in [3.63, 3.8) is 0 Å². The van der Waals surface area contributed by atoms with Crippen LogP contribution in [0.2, 0.25) is 19.6 Å². The van der Waals surface area contributed by atoms with E-state index in [2.05, 4.69) is 37.8 Å². The molecule has 21 heavy (non-hydrogen) atoms. The van der Waals surface area contributed by atoms with Crippen LogP contribution in [0.15, 0.2) is 42.5 Å². The first-order valence-corrected chi connectivity index (χ1v) is 10.5. The van der Waals surface area contributed by atoms with Crippen molar-refractivity contribution in [1.29, 1.82) is 5.26 Å². The van der Waals surface area contributed by atoms with Crippen LogP contribution in [-0.4, -0.2) is 27.3 Å². The molecule has 0 saturated heterocycles. The van der Waals surface area contributed by atoms with Gasteiger partial charge in [0, 0.05) is 5.56 Å². The molecule has 1 atom stereocenters. The number of nitriles is 1. The Balaban J connectivity index is 2.73. The van der Waals surface area contributed by atoms with Gasteiger partial charge in [0.15, 0.2) is 8.32 Å². The molecule has 2 rings (SSSR count). The van der Waals surface area contributed by atoms with E-state index in [-0.39, 0.29) is 0 Å². The average Bonchev–Trinajstić information content (AvgIpc) is 2.43. The Bertz CT molecular complexity index is 680. The number of hydrogen-bond acceptors (Lipinski definition) is 3. The summed E-state index contributed by atoms with van der Waals surface area (Å²) in [5.41, 5.74) is -0.138. The highest BCUT2D eigenvalue weighted by molar-refractivity contribution is 6.69. The van der Waals surface area contributed by atoms with Crippen LogP contribution in [0.3, 0.4) is 0 Å². The molecule has 0 spiro atoms. The van der Waals surface area contributed by atoms with Gasteiger partial charge in [0.1, 0.15) is 6.07 Å². The molecule has 0 amide bonds. The van der Waals surface area contributed by atoms with E-state index < -0.39 is 14.0 Å². The van der Waals surface area contributed by atoms with Crippen LogP contribution in [0.4, 0.5) is 0 Å². The minimum atomic E-state index is -1.91. The molecular weight excluding hydrogens is 276 g/mol. The summed E-state index contributed by atoms with van der Waals surface area (Å²) in [6, 6.07) is 16.6. The van der Waals surface area contributed by atoms with Crippen LogP contribution in [0.5, 0.6) is 0 Å². The Hall–Kier alpha value is -1.67. The fraction of sp³-hybridized carbons (Fsp3) is 0.353. The normalized spacial score (nSPS) is 14.9. The van der Waals surface area contributed by atoms with Gasteiger partial charge in [-0.1, -0.05) is 42.5 Å². The van der Waals surface area contributed by atoms with Gasteiger partial charge in [0.25, 0.3) is 0 Å². The lowest BCUT2D eigenvalue weighted by Gasteiger charge is -2.39. The highest BCUT2D eigenvalue weighted by atomic mass is 28.4. The van der Waals surface area contributed by atoms with E-state index in [0.29, 0.717) is 0 Å². The van der Waals surface area contributed by atoms with Crippen molar-refractivity contribution in [2.24, 2.45) is 0 Å². The van der Waals surface area contributed by atoms with Gasteiger partial charge < -0.3 is 4.43 Å². The van der Waals surface area contributed by atoms with Crippen molar-refractivity contribution in [3.05, 3.63) is 48.0 Å². The second kappa shape index (κ2) is 5.61. The zero-order chi connectivity index (χ0) is 15.7. The maximum Gasteiger partial charge on any atom is 0.228 e. The molecule has 4 heteroatoms. The maximum atomic E-state index is 9.93. The average molecular weight is 298 g/mol. The molecule has 2 aromatic rings. The SMILES string of the molecule is CN(C)C(C#N)(O[Si](C)(C)C)c1cccc2ccccc12. The highest BCUT2D eigenvalue weighted by Gasteiger charge is 2.41. The number of rotatable bonds is 4. The third-order valence-electron chi connectivity index (χ3n) is 3.39. The van der Waals surface area contributed by atoms with E-state index >= 15 is 0 Å². The molecule has 0 aliphatic heterocycles. The predicted octanol–water partition coefficient (Wildman–Crippen LogP) is 3.93. The predicted molar refractivity (Wildman–Crippen MR) is 89.4 cm³/mol. The Morgan fingerprint density at radius 3 is 2.24 bits per heavy atom. The van der Waals surface area contributed by atoms with Crippen molar-refractivity contribution in [2.75, 3.05) is 14.1 Å². The summed E-state index contributed by atoms with van der Waals surface area (Å²) in [6.45, 7) is 6.31. The summed E-state index contributed by atoms with van der Waals surface area (Å²) in [5.74, 6) is 0. The summed E-state index contributed by atoms with van der Waals surface area (Å²) in [7, 11) is 1.88. The second-order valence-corrected chi connectivity index (χ2v) is 10.8. The summed E-state index contributed by atoms with van der Waals surface area (Å²) < 4.78 is 6.33. The van der Waals surface area contributed by atoms with Crippen LogP contribution >= 0.6 is 0 Å². The molecule has 0 aliphatic carbocycles. The smallest absolute Gasteiger partial charge is 0.228 e. The van der Waals surface area contributed by atoms with Crippen LogP contribution in [0, 0.1) is 11.3 Å². The molecule has 110 valence electrons. The fourth-order valence-corrected chi connectivity index (χ4v) is 3.76. The molecular formula is C17H22N2OSi. The van der Waals surface area contributed by atoms with E-state index in [4.69, 9.17) is 4.43 Å². The molecule has 0 radical (unpaired) electrons. The molecule has 2 aromatic carbocycles. The number of fused-ring (bicyclic) bond motifs is 1. The summed E-state index contributed by atoms with van der Waals surface area (Å²) in [5, 5.41) is 12.1. The first-order valence-electron chi connectivity index (χ1n) is 7.07. The van der Waals surface area contributed by atoms with E-state index in [1.54, 1.807) is 0 Å². The Morgan fingerprint density at radius 1 is 1.05 bits per heavy atom. The van der Waals surface area contributed by atoms with Gasteiger partial charge in [-0.05, 0) is 44.5 Å². The third-order valence-corrected chi connectivity index (χ3v) is 4.30. The lowest BCUT2D eigenvalue weighted by molar-refractivity contribution is -0.0165. The number of nitrogens with zero attached hydrogens (tertiary/aromatic N) is 2. The molecule has 0 bridgehead atoms. The van der Waals surface area contributed by atoms with E-state index in [0.717, 1.165) is 16.3 Å². The maximum absolute atomic E-state index is 9.93. The molecule has 0 fully saturated rings. The fourth-order valence-electron chi connectivity index (χ4n) is 2.53. The van der Waals surface area contributed by atoms with Crippen LogP contribution in [-0.2, 0) is 10.2 Å². The van der Waals surface area contributed by atoms with E-state index in [1.807, 2.05) is 49.3 Å². The summed E-state index contributed by atoms with van der Waals surface area (Å²) in [4.78, 5) is 1.87.